The summed E-state index contributed by atoms with van der Waals surface area (Å²) < 4.78 is 0. The molecule has 0 aromatic carbocycles. The first kappa shape index (κ1) is 59.1. The molecule has 2 atom stereocenters. The van der Waals surface area contributed by atoms with Gasteiger partial charge in [0.15, 0.2) is 0 Å². The second-order valence-electron chi connectivity index (χ2n) is 18.3. The lowest BCUT2D eigenvalue weighted by Gasteiger charge is -2.22. The molecule has 0 fully saturated rings. The molecule has 3 N–H and O–H groups in total. The molecule has 0 spiro atoms. The van der Waals surface area contributed by atoms with E-state index >= 15 is 0 Å². The van der Waals surface area contributed by atoms with Crippen LogP contribution >= 0.6 is 0 Å². The Morgan fingerprint density at radius 2 is 0.721 bits per heavy atom. The fourth-order valence-corrected chi connectivity index (χ4v) is 8.21. The van der Waals surface area contributed by atoms with Gasteiger partial charge in [0.05, 0.1) is 18.8 Å². The average molecular weight is 852 g/mol. The highest BCUT2D eigenvalue weighted by atomic mass is 16.3. The predicted molar refractivity (Wildman–Crippen MR) is 271 cm³/mol. The van der Waals surface area contributed by atoms with Crippen LogP contribution in [-0.2, 0) is 4.79 Å². The van der Waals surface area contributed by atoms with Gasteiger partial charge in [0.25, 0.3) is 0 Å². The molecule has 61 heavy (non-hydrogen) atoms. The molecular formula is C57H105NO3. The van der Waals surface area contributed by atoms with Crippen LogP contribution < -0.4 is 5.32 Å². The number of amides is 1. The summed E-state index contributed by atoms with van der Waals surface area (Å²) in [5.74, 6) is -0.0338. The van der Waals surface area contributed by atoms with Crippen molar-refractivity contribution in [1.82, 2.24) is 5.32 Å². The topological polar surface area (TPSA) is 69.6 Å². The maximum atomic E-state index is 12.5. The zero-order chi connectivity index (χ0) is 44.2. The summed E-state index contributed by atoms with van der Waals surface area (Å²) in [6.45, 7) is 4.26. The molecule has 0 aliphatic heterocycles. The number of allylic oxidation sites excluding steroid dienone is 10. The molecule has 0 aliphatic rings. The van der Waals surface area contributed by atoms with E-state index in [1.165, 1.54) is 193 Å². The summed E-state index contributed by atoms with van der Waals surface area (Å²) in [7, 11) is 0. The first-order chi connectivity index (χ1) is 30.2. The molecule has 0 aromatic rings. The van der Waals surface area contributed by atoms with Gasteiger partial charge in [0, 0.05) is 6.42 Å². The van der Waals surface area contributed by atoms with Gasteiger partial charge >= 0.3 is 0 Å². The van der Waals surface area contributed by atoms with Crippen molar-refractivity contribution in [2.45, 2.75) is 289 Å². The summed E-state index contributed by atoms with van der Waals surface area (Å²) in [4.78, 5) is 12.5. The standard InChI is InChI=1S/C57H105NO3/c1-3-5-7-9-11-13-15-17-19-21-23-25-27-28-29-30-31-33-35-37-39-41-43-45-47-49-51-53-57(61)58-55(54-59)56(60)52-50-48-46-44-42-40-38-36-34-32-26-24-22-20-18-16-14-12-10-8-6-4-2/h5,7,11,13,17,19,23,25,28-29,55-56,59-60H,3-4,6,8-10,12,14-16,18,20-22,24,26-27,30-54H2,1-2H3,(H,58,61)/b7-5-,13-11-,19-17-,25-23-,29-28-. The molecule has 0 rings (SSSR count). The lowest BCUT2D eigenvalue weighted by atomic mass is 10.0. The minimum absolute atomic E-state index is 0.0338. The maximum Gasteiger partial charge on any atom is 0.220 e. The van der Waals surface area contributed by atoms with Gasteiger partial charge in [-0.2, -0.15) is 0 Å². The van der Waals surface area contributed by atoms with Crippen LogP contribution in [0.25, 0.3) is 0 Å². The van der Waals surface area contributed by atoms with Crippen LogP contribution in [0.3, 0.4) is 0 Å². The van der Waals surface area contributed by atoms with E-state index in [4.69, 9.17) is 0 Å². The van der Waals surface area contributed by atoms with Gasteiger partial charge in [-0.15, -0.1) is 0 Å². The molecule has 0 heterocycles. The van der Waals surface area contributed by atoms with Gasteiger partial charge in [-0.1, -0.05) is 274 Å². The van der Waals surface area contributed by atoms with E-state index in [2.05, 4.69) is 79.9 Å². The summed E-state index contributed by atoms with van der Waals surface area (Å²) in [6, 6.07) is -0.541. The highest BCUT2D eigenvalue weighted by molar-refractivity contribution is 5.76. The van der Waals surface area contributed by atoms with Gasteiger partial charge in [-0.05, 0) is 57.8 Å². The highest BCUT2D eigenvalue weighted by Gasteiger charge is 2.20. The number of rotatable bonds is 49. The van der Waals surface area contributed by atoms with E-state index < -0.39 is 12.1 Å². The second kappa shape index (κ2) is 52.4. The molecular weight excluding hydrogens is 747 g/mol. The van der Waals surface area contributed by atoms with Crippen molar-refractivity contribution in [1.29, 1.82) is 0 Å². The normalized spacial score (nSPS) is 13.3. The maximum absolute atomic E-state index is 12.5. The SMILES string of the molecule is CC/C=C\C/C=C\C/C=C\C/C=C\C/C=C\CCCCCCCCCCCCCC(=O)NC(CO)C(O)CCCCCCCCCCCCCCCCCCCCCCCC. The Balaban J connectivity index is 3.50. The van der Waals surface area contributed by atoms with Crippen LogP contribution in [-0.4, -0.2) is 34.9 Å². The molecule has 0 bridgehead atoms. The fourth-order valence-electron chi connectivity index (χ4n) is 8.21. The van der Waals surface area contributed by atoms with Crippen LogP contribution in [0.4, 0.5) is 0 Å². The molecule has 0 radical (unpaired) electrons. The number of hydrogen-bond acceptors (Lipinski definition) is 3. The monoisotopic (exact) mass is 852 g/mol. The number of nitrogens with one attached hydrogen (secondary N) is 1. The van der Waals surface area contributed by atoms with Crippen molar-refractivity contribution >= 4 is 5.91 Å². The van der Waals surface area contributed by atoms with Crippen LogP contribution in [0.2, 0.25) is 0 Å². The van der Waals surface area contributed by atoms with E-state index in [0.29, 0.717) is 12.8 Å². The first-order valence-corrected chi connectivity index (χ1v) is 27.0. The molecule has 1 amide bonds. The van der Waals surface area contributed by atoms with Crippen LogP contribution in [0.5, 0.6) is 0 Å². The molecule has 356 valence electrons. The predicted octanol–water partition coefficient (Wildman–Crippen LogP) is 17.6. The number of unbranched alkanes of at least 4 members (excludes halogenated alkanes) is 32. The molecule has 0 saturated heterocycles. The quantitative estimate of drug-likeness (QED) is 0.0422. The second-order valence-corrected chi connectivity index (χ2v) is 18.3. The van der Waals surface area contributed by atoms with Crippen molar-refractivity contribution in [3.05, 3.63) is 60.8 Å². The zero-order valence-electron chi connectivity index (χ0n) is 40.9. The lowest BCUT2D eigenvalue weighted by molar-refractivity contribution is -0.123. The Kier molecular flexibility index (Phi) is 50.8. The summed E-state index contributed by atoms with van der Waals surface area (Å²) in [6.07, 6.45) is 73.3. The van der Waals surface area contributed by atoms with Crippen LogP contribution in [0.15, 0.2) is 60.8 Å². The molecule has 0 saturated carbocycles. The smallest absolute Gasteiger partial charge is 0.220 e. The summed E-state index contributed by atoms with van der Waals surface area (Å²) in [5, 5.41) is 23.3. The van der Waals surface area contributed by atoms with E-state index in [-0.39, 0.29) is 12.5 Å². The molecule has 4 heteroatoms. The third-order valence-corrected chi connectivity index (χ3v) is 12.3. The van der Waals surface area contributed by atoms with Crippen molar-refractivity contribution < 1.29 is 15.0 Å². The minimum Gasteiger partial charge on any atom is -0.394 e. The van der Waals surface area contributed by atoms with E-state index in [1.54, 1.807) is 0 Å². The minimum atomic E-state index is -0.664. The number of aliphatic hydroxyl groups excluding tert-OH is 2. The van der Waals surface area contributed by atoms with Crippen LogP contribution in [0.1, 0.15) is 277 Å². The Hall–Kier alpha value is -1.91. The van der Waals surface area contributed by atoms with E-state index in [9.17, 15) is 15.0 Å². The fraction of sp³-hybridized carbons (Fsp3) is 0.807. The third-order valence-electron chi connectivity index (χ3n) is 12.3. The number of carbonyl (C=O) groups is 1. The van der Waals surface area contributed by atoms with Crippen LogP contribution in [0, 0.1) is 0 Å². The number of hydrogen-bond donors (Lipinski definition) is 3. The largest absolute Gasteiger partial charge is 0.394 e. The highest BCUT2D eigenvalue weighted by Crippen LogP contribution is 2.17. The summed E-state index contributed by atoms with van der Waals surface area (Å²) >= 11 is 0. The average Bonchev–Trinajstić information content (AvgIpc) is 3.26. The van der Waals surface area contributed by atoms with Crippen molar-refractivity contribution in [2.24, 2.45) is 0 Å². The lowest BCUT2D eigenvalue weighted by Crippen LogP contribution is -2.45. The molecule has 4 nitrogen and oxygen atoms in total. The Labute approximate surface area is 381 Å². The van der Waals surface area contributed by atoms with Gasteiger partial charge in [-0.25, -0.2) is 0 Å². The third kappa shape index (κ3) is 49.0. The van der Waals surface area contributed by atoms with Gasteiger partial charge < -0.3 is 15.5 Å². The van der Waals surface area contributed by atoms with Crippen molar-refractivity contribution in [3.8, 4) is 0 Å². The molecule has 2 unspecified atom stereocenters. The van der Waals surface area contributed by atoms with Gasteiger partial charge in [0.1, 0.15) is 0 Å². The van der Waals surface area contributed by atoms with Crippen molar-refractivity contribution in [3.63, 3.8) is 0 Å². The Morgan fingerprint density at radius 3 is 1.08 bits per heavy atom. The Morgan fingerprint density at radius 1 is 0.410 bits per heavy atom. The number of aliphatic hydroxyl groups is 2. The van der Waals surface area contributed by atoms with Crippen molar-refractivity contribution in [2.75, 3.05) is 6.61 Å². The number of carbonyl (C=O) groups excluding carboxylic acids is 1. The van der Waals surface area contributed by atoms with E-state index in [1.807, 2.05) is 0 Å². The molecule has 0 aliphatic carbocycles. The van der Waals surface area contributed by atoms with E-state index in [0.717, 1.165) is 57.8 Å². The zero-order valence-corrected chi connectivity index (χ0v) is 40.9. The Bertz CT molecular complexity index is 1010. The summed E-state index contributed by atoms with van der Waals surface area (Å²) in [5.41, 5.74) is 0. The first-order valence-electron chi connectivity index (χ1n) is 27.0. The molecule has 0 aromatic heterocycles. The van der Waals surface area contributed by atoms with Gasteiger partial charge in [-0.3, -0.25) is 4.79 Å². The van der Waals surface area contributed by atoms with Gasteiger partial charge in [0.2, 0.25) is 5.91 Å².